The highest BCUT2D eigenvalue weighted by Gasteiger charge is 2.25. The molecule has 0 bridgehead atoms. The lowest BCUT2D eigenvalue weighted by molar-refractivity contribution is 0.103. The molecule has 4 rings (SSSR count). The van der Waals surface area contributed by atoms with Crippen LogP contribution in [0.15, 0.2) is 60.8 Å². The zero-order chi connectivity index (χ0) is 21.5. The molecule has 2 aliphatic rings. The molecule has 2 aromatic rings. The lowest BCUT2D eigenvalue weighted by Gasteiger charge is -2.37. The van der Waals surface area contributed by atoms with E-state index >= 15 is 0 Å². The van der Waals surface area contributed by atoms with Crippen molar-refractivity contribution in [1.82, 2.24) is 9.80 Å². The standard InChI is InChI=1S/C26H32N2O3/c1-30-26-19-22(11-12-25(26)31-20-21-7-3-2-4-8-21)24(29)13-14-27-15-17-28(18-16-27)23-9-5-6-10-23/h2-4,7-8,11-14,19,23H,5-6,9-10,15-18,20H2,1H3. The number of ether oxygens (including phenoxy) is 2. The van der Waals surface area contributed by atoms with Crippen molar-refractivity contribution in [3.63, 3.8) is 0 Å². The molecule has 5 nitrogen and oxygen atoms in total. The van der Waals surface area contributed by atoms with E-state index in [4.69, 9.17) is 9.47 Å². The average molecular weight is 421 g/mol. The molecule has 0 aromatic heterocycles. The first-order chi connectivity index (χ1) is 15.2. The molecule has 0 radical (unpaired) electrons. The zero-order valence-electron chi connectivity index (χ0n) is 18.3. The van der Waals surface area contributed by atoms with E-state index in [9.17, 15) is 4.79 Å². The summed E-state index contributed by atoms with van der Waals surface area (Å²) < 4.78 is 11.4. The van der Waals surface area contributed by atoms with E-state index in [1.165, 1.54) is 25.7 Å². The highest BCUT2D eigenvalue weighted by molar-refractivity contribution is 6.04. The Hall–Kier alpha value is -2.79. The molecule has 1 aliphatic carbocycles. The summed E-state index contributed by atoms with van der Waals surface area (Å²) >= 11 is 0. The fourth-order valence-corrected chi connectivity index (χ4v) is 4.47. The van der Waals surface area contributed by atoms with Crippen LogP contribution in [0, 0.1) is 0 Å². The topological polar surface area (TPSA) is 42.0 Å². The molecule has 1 heterocycles. The van der Waals surface area contributed by atoms with E-state index in [0.717, 1.165) is 37.8 Å². The molecule has 1 saturated heterocycles. The number of nitrogens with zero attached hydrogens (tertiary/aromatic N) is 2. The first kappa shape index (κ1) is 21.4. The summed E-state index contributed by atoms with van der Waals surface area (Å²) in [4.78, 5) is 17.6. The molecule has 1 aliphatic heterocycles. The lowest BCUT2D eigenvalue weighted by atomic mass is 10.1. The Morgan fingerprint density at radius 2 is 1.74 bits per heavy atom. The van der Waals surface area contributed by atoms with Crippen LogP contribution in [0.5, 0.6) is 11.5 Å². The number of carbonyl (C=O) groups excluding carboxylic acids is 1. The molecule has 5 heteroatoms. The van der Waals surface area contributed by atoms with Crippen molar-refractivity contribution < 1.29 is 14.3 Å². The summed E-state index contributed by atoms with van der Waals surface area (Å²) in [6, 6.07) is 16.1. The van der Waals surface area contributed by atoms with E-state index in [0.29, 0.717) is 23.7 Å². The van der Waals surface area contributed by atoms with Gasteiger partial charge in [-0.15, -0.1) is 0 Å². The minimum absolute atomic E-state index is 0.0221. The van der Waals surface area contributed by atoms with Crippen LogP contribution in [0.4, 0.5) is 0 Å². The molecule has 164 valence electrons. The molecule has 0 unspecified atom stereocenters. The maximum atomic E-state index is 12.7. The van der Waals surface area contributed by atoms with E-state index in [-0.39, 0.29) is 5.78 Å². The van der Waals surface area contributed by atoms with Gasteiger partial charge in [-0.3, -0.25) is 9.69 Å². The van der Waals surface area contributed by atoms with Crippen LogP contribution >= 0.6 is 0 Å². The van der Waals surface area contributed by atoms with Gasteiger partial charge in [-0.2, -0.15) is 0 Å². The number of rotatable bonds is 8. The summed E-state index contributed by atoms with van der Waals surface area (Å²) in [6.45, 7) is 4.60. The third kappa shape index (κ3) is 5.67. The third-order valence-corrected chi connectivity index (χ3v) is 6.31. The van der Waals surface area contributed by atoms with Gasteiger partial charge in [0.05, 0.1) is 7.11 Å². The van der Waals surface area contributed by atoms with Gasteiger partial charge in [-0.05, 0) is 36.6 Å². The van der Waals surface area contributed by atoms with Gasteiger partial charge in [0, 0.05) is 50.1 Å². The Morgan fingerprint density at radius 3 is 2.45 bits per heavy atom. The number of carbonyl (C=O) groups is 1. The Labute approximate surface area is 185 Å². The van der Waals surface area contributed by atoms with Gasteiger partial charge in [0.2, 0.25) is 0 Å². The second kappa shape index (κ2) is 10.5. The first-order valence-corrected chi connectivity index (χ1v) is 11.3. The Balaban J connectivity index is 1.31. The molecule has 31 heavy (non-hydrogen) atoms. The largest absolute Gasteiger partial charge is 0.493 e. The molecule has 2 fully saturated rings. The number of benzene rings is 2. The van der Waals surface area contributed by atoms with Gasteiger partial charge in [0.25, 0.3) is 0 Å². The van der Waals surface area contributed by atoms with E-state index < -0.39 is 0 Å². The van der Waals surface area contributed by atoms with Gasteiger partial charge < -0.3 is 14.4 Å². The van der Waals surface area contributed by atoms with Crippen LogP contribution in [-0.2, 0) is 6.61 Å². The predicted octanol–water partition coefficient (Wildman–Crippen LogP) is 4.53. The Bertz CT molecular complexity index is 883. The summed E-state index contributed by atoms with van der Waals surface area (Å²) in [5, 5.41) is 0. The second-order valence-corrected chi connectivity index (χ2v) is 8.33. The number of methoxy groups -OCH3 is 1. The fourth-order valence-electron chi connectivity index (χ4n) is 4.47. The Kier molecular flexibility index (Phi) is 7.26. The third-order valence-electron chi connectivity index (χ3n) is 6.31. The van der Waals surface area contributed by atoms with Crippen molar-refractivity contribution >= 4 is 5.78 Å². The minimum Gasteiger partial charge on any atom is -0.493 e. The molecular formula is C26H32N2O3. The van der Waals surface area contributed by atoms with Crippen molar-refractivity contribution in [1.29, 1.82) is 0 Å². The van der Waals surface area contributed by atoms with E-state index in [2.05, 4.69) is 9.80 Å². The smallest absolute Gasteiger partial charge is 0.187 e. The number of allylic oxidation sites excluding steroid dienone is 1. The maximum Gasteiger partial charge on any atom is 0.187 e. The van der Waals surface area contributed by atoms with Crippen molar-refractivity contribution in [2.45, 2.75) is 38.3 Å². The van der Waals surface area contributed by atoms with Crippen molar-refractivity contribution in [2.75, 3.05) is 33.3 Å². The Morgan fingerprint density at radius 1 is 1.00 bits per heavy atom. The molecule has 0 N–H and O–H groups in total. The van der Waals surface area contributed by atoms with Gasteiger partial charge >= 0.3 is 0 Å². The van der Waals surface area contributed by atoms with E-state index in [1.54, 1.807) is 25.3 Å². The normalized spacial score (nSPS) is 17.9. The zero-order valence-corrected chi connectivity index (χ0v) is 18.3. The average Bonchev–Trinajstić information content (AvgIpc) is 3.37. The van der Waals surface area contributed by atoms with Crippen LogP contribution in [0.1, 0.15) is 41.6 Å². The molecule has 0 atom stereocenters. The second-order valence-electron chi connectivity index (χ2n) is 8.33. The summed E-state index contributed by atoms with van der Waals surface area (Å²) in [5.41, 5.74) is 1.69. The molecule has 0 amide bonds. The minimum atomic E-state index is -0.0221. The van der Waals surface area contributed by atoms with Crippen molar-refractivity contribution in [3.05, 3.63) is 71.9 Å². The predicted molar refractivity (Wildman–Crippen MR) is 123 cm³/mol. The SMILES string of the molecule is COc1cc(C(=O)C=CN2CCN(C3CCCC3)CC2)ccc1OCc1ccccc1. The quantitative estimate of drug-likeness (QED) is 0.464. The van der Waals surface area contributed by atoms with Crippen molar-refractivity contribution in [3.8, 4) is 11.5 Å². The number of hydrogen-bond acceptors (Lipinski definition) is 5. The lowest BCUT2D eigenvalue weighted by Crippen LogP contribution is -2.47. The monoisotopic (exact) mass is 420 g/mol. The highest BCUT2D eigenvalue weighted by atomic mass is 16.5. The number of piperazine rings is 1. The van der Waals surface area contributed by atoms with Crippen LogP contribution in [0.2, 0.25) is 0 Å². The molecule has 1 saturated carbocycles. The van der Waals surface area contributed by atoms with E-state index in [1.807, 2.05) is 42.6 Å². The van der Waals surface area contributed by atoms with Gasteiger partial charge in [-0.1, -0.05) is 43.2 Å². The van der Waals surface area contributed by atoms with Gasteiger partial charge in [0.1, 0.15) is 6.61 Å². The van der Waals surface area contributed by atoms with Crippen molar-refractivity contribution in [2.24, 2.45) is 0 Å². The fraction of sp³-hybridized carbons (Fsp3) is 0.423. The maximum absolute atomic E-state index is 12.7. The molecular weight excluding hydrogens is 388 g/mol. The number of ketones is 1. The van der Waals surface area contributed by atoms with Crippen LogP contribution in [-0.4, -0.2) is 54.9 Å². The number of hydrogen-bond donors (Lipinski definition) is 0. The van der Waals surface area contributed by atoms with Gasteiger partial charge in [0.15, 0.2) is 17.3 Å². The van der Waals surface area contributed by atoms with Gasteiger partial charge in [-0.25, -0.2) is 0 Å². The molecule has 0 spiro atoms. The molecule has 2 aromatic carbocycles. The summed E-state index contributed by atoms with van der Waals surface area (Å²) in [5.74, 6) is 1.18. The van der Waals surface area contributed by atoms with Crippen LogP contribution < -0.4 is 9.47 Å². The summed E-state index contributed by atoms with van der Waals surface area (Å²) in [6.07, 6.45) is 9.06. The summed E-state index contributed by atoms with van der Waals surface area (Å²) in [7, 11) is 1.60. The highest BCUT2D eigenvalue weighted by Crippen LogP contribution is 2.29. The first-order valence-electron chi connectivity index (χ1n) is 11.3. The van der Waals surface area contributed by atoms with Crippen LogP contribution in [0.25, 0.3) is 0 Å². The van der Waals surface area contributed by atoms with Crippen LogP contribution in [0.3, 0.4) is 0 Å².